The van der Waals surface area contributed by atoms with E-state index in [2.05, 4.69) is 9.97 Å². The Hall–Kier alpha value is -1.79. The second-order valence-corrected chi connectivity index (χ2v) is 5.08. The van der Waals surface area contributed by atoms with E-state index in [0.29, 0.717) is 13.1 Å². The Morgan fingerprint density at radius 1 is 1.40 bits per heavy atom. The molecule has 0 bridgehead atoms. The SMILES string of the molecule is CN(C)CCN(Cc1cnc[nH]1)C(=O)c1ccc(Cl)o1. The van der Waals surface area contributed by atoms with Gasteiger partial charge in [0.05, 0.1) is 18.6 Å². The highest BCUT2D eigenvalue weighted by atomic mass is 35.5. The van der Waals surface area contributed by atoms with Crippen molar-refractivity contribution in [2.75, 3.05) is 27.2 Å². The van der Waals surface area contributed by atoms with Gasteiger partial charge < -0.3 is 19.2 Å². The van der Waals surface area contributed by atoms with Crippen LogP contribution in [0.3, 0.4) is 0 Å². The van der Waals surface area contributed by atoms with E-state index in [9.17, 15) is 4.79 Å². The van der Waals surface area contributed by atoms with Crippen LogP contribution in [-0.4, -0.2) is 52.9 Å². The third-order valence-electron chi connectivity index (χ3n) is 2.80. The molecule has 0 aromatic carbocycles. The molecular weight excluding hydrogens is 280 g/mol. The number of halogens is 1. The van der Waals surface area contributed by atoms with Gasteiger partial charge in [-0.1, -0.05) is 0 Å². The summed E-state index contributed by atoms with van der Waals surface area (Å²) in [5.41, 5.74) is 0.870. The Labute approximate surface area is 122 Å². The minimum atomic E-state index is -0.187. The molecule has 108 valence electrons. The summed E-state index contributed by atoms with van der Waals surface area (Å²) >= 11 is 5.72. The lowest BCUT2D eigenvalue weighted by atomic mass is 10.3. The lowest BCUT2D eigenvalue weighted by Crippen LogP contribution is -2.36. The number of carbonyl (C=O) groups excluding carboxylic acids is 1. The Bertz CT molecular complexity index is 550. The largest absolute Gasteiger partial charge is 0.440 e. The van der Waals surface area contributed by atoms with Crippen LogP contribution in [0.4, 0.5) is 0 Å². The molecule has 0 radical (unpaired) electrons. The minimum absolute atomic E-state index is 0.187. The van der Waals surface area contributed by atoms with Gasteiger partial charge in [0.25, 0.3) is 5.91 Å². The van der Waals surface area contributed by atoms with Crippen LogP contribution in [0.25, 0.3) is 0 Å². The Morgan fingerprint density at radius 3 is 2.75 bits per heavy atom. The molecule has 0 saturated carbocycles. The number of nitrogens with zero attached hydrogens (tertiary/aromatic N) is 3. The number of imidazole rings is 1. The average Bonchev–Trinajstić information content (AvgIpc) is 3.04. The van der Waals surface area contributed by atoms with Gasteiger partial charge in [-0.2, -0.15) is 0 Å². The fourth-order valence-electron chi connectivity index (χ4n) is 1.73. The van der Waals surface area contributed by atoms with Crippen LogP contribution in [0.5, 0.6) is 0 Å². The van der Waals surface area contributed by atoms with Crippen molar-refractivity contribution in [2.45, 2.75) is 6.54 Å². The summed E-state index contributed by atoms with van der Waals surface area (Å²) in [6.45, 7) is 1.79. The van der Waals surface area contributed by atoms with E-state index in [1.54, 1.807) is 29.6 Å². The monoisotopic (exact) mass is 296 g/mol. The molecule has 0 aliphatic heterocycles. The van der Waals surface area contributed by atoms with Crippen molar-refractivity contribution >= 4 is 17.5 Å². The van der Waals surface area contributed by atoms with Crippen molar-refractivity contribution in [1.29, 1.82) is 0 Å². The Balaban J connectivity index is 2.10. The molecule has 0 spiro atoms. The topological polar surface area (TPSA) is 65.4 Å². The molecule has 1 amide bonds. The number of hydrogen-bond acceptors (Lipinski definition) is 4. The molecule has 1 N–H and O–H groups in total. The van der Waals surface area contributed by atoms with E-state index in [-0.39, 0.29) is 16.9 Å². The summed E-state index contributed by atoms with van der Waals surface area (Å²) in [5.74, 6) is 0.0571. The van der Waals surface area contributed by atoms with Crippen molar-refractivity contribution in [3.63, 3.8) is 0 Å². The lowest BCUT2D eigenvalue weighted by molar-refractivity contribution is 0.0698. The van der Waals surface area contributed by atoms with Crippen LogP contribution >= 0.6 is 11.6 Å². The number of nitrogens with one attached hydrogen (secondary N) is 1. The van der Waals surface area contributed by atoms with E-state index in [0.717, 1.165) is 12.2 Å². The van der Waals surface area contributed by atoms with Gasteiger partial charge >= 0.3 is 0 Å². The molecule has 0 fully saturated rings. The van der Waals surface area contributed by atoms with E-state index >= 15 is 0 Å². The smallest absolute Gasteiger partial charge is 0.290 e. The van der Waals surface area contributed by atoms with Crippen molar-refractivity contribution in [2.24, 2.45) is 0 Å². The normalized spacial score (nSPS) is 11.0. The van der Waals surface area contributed by atoms with Crippen molar-refractivity contribution in [3.05, 3.63) is 41.3 Å². The highest BCUT2D eigenvalue weighted by molar-refractivity contribution is 6.29. The third-order valence-corrected chi connectivity index (χ3v) is 3.01. The average molecular weight is 297 g/mol. The van der Waals surface area contributed by atoms with Crippen LogP contribution in [0.2, 0.25) is 5.22 Å². The Morgan fingerprint density at radius 2 is 2.20 bits per heavy atom. The van der Waals surface area contributed by atoms with Crippen LogP contribution < -0.4 is 0 Å². The summed E-state index contributed by atoms with van der Waals surface area (Å²) in [6.07, 6.45) is 3.29. The van der Waals surface area contributed by atoms with Gasteiger partial charge in [-0.25, -0.2) is 4.98 Å². The molecule has 6 nitrogen and oxygen atoms in total. The standard InChI is InChI=1S/C13H17ClN4O2/c1-17(2)5-6-18(8-10-7-15-9-16-10)13(19)11-3-4-12(14)20-11/h3-4,7,9H,5-6,8H2,1-2H3,(H,15,16). The zero-order chi connectivity index (χ0) is 14.5. The number of hydrogen-bond donors (Lipinski definition) is 1. The Kier molecular flexibility index (Phi) is 4.81. The summed E-state index contributed by atoms with van der Waals surface area (Å²) in [6, 6.07) is 3.15. The van der Waals surface area contributed by atoms with E-state index in [4.69, 9.17) is 16.0 Å². The van der Waals surface area contributed by atoms with Crippen molar-refractivity contribution in [3.8, 4) is 0 Å². The van der Waals surface area contributed by atoms with Gasteiger partial charge in [-0.15, -0.1) is 0 Å². The molecule has 0 aliphatic carbocycles. The number of aromatic nitrogens is 2. The number of likely N-dealkylation sites (N-methyl/N-ethyl adjacent to an activating group) is 1. The maximum atomic E-state index is 12.4. The van der Waals surface area contributed by atoms with Crippen molar-refractivity contribution in [1.82, 2.24) is 19.8 Å². The van der Waals surface area contributed by atoms with Crippen LogP contribution in [0.15, 0.2) is 29.1 Å². The maximum Gasteiger partial charge on any atom is 0.290 e. The first kappa shape index (κ1) is 14.6. The van der Waals surface area contributed by atoms with Gasteiger partial charge in [0, 0.05) is 19.3 Å². The van der Waals surface area contributed by atoms with Gasteiger partial charge in [-0.05, 0) is 37.8 Å². The first-order valence-corrected chi connectivity index (χ1v) is 6.60. The van der Waals surface area contributed by atoms with E-state index in [1.807, 2.05) is 19.0 Å². The molecule has 2 heterocycles. The van der Waals surface area contributed by atoms with Crippen LogP contribution in [-0.2, 0) is 6.54 Å². The molecule has 20 heavy (non-hydrogen) atoms. The second kappa shape index (κ2) is 6.58. The molecule has 0 saturated heterocycles. The highest BCUT2D eigenvalue weighted by Gasteiger charge is 2.20. The minimum Gasteiger partial charge on any atom is -0.440 e. The van der Waals surface area contributed by atoms with Crippen LogP contribution in [0, 0.1) is 0 Å². The highest BCUT2D eigenvalue weighted by Crippen LogP contribution is 2.16. The summed E-state index contributed by atoms with van der Waals surface area (Å²) in [7, 11) is 3.92. The number of amides is 1. The summed E-state index contributed by atoms with van der Waals surface area (Å²) in [5, 5.41) is 0.211. The lowest BCUT2D eigenvalue weighted by Gasteiger charge is -2.22. The number of carbonyl (C=O) groups is 1. The number of H-pyrrole nitrogens is 1. The third kappa shape index (κ3) is 3.85. The maximum absolute atomic E-state index is 12.4. The van der Waals surface area contributed by atoms with Gasteiger partial charge in [-0.3, -0.25) is 4.79 Å². The van der Waals surface area contributed by atoms with E-state index in [1.165, 1.54) is 0 Å². The number of aromatic amines is 1. The van der Waals surface area contributed by atoms with Crippen molar-refractivity contribution < 1.29 is 9.21 Å². The number of rotatable bonds is 6. The molecule has 7 heteroatoms. The first-order chi connectivity index (χ1) is 9.56. The predicted molar refractivity (Wildman–Crippen MR) is 75.6 cm³/mol. The quantitative estimate of drug-likeness (QED) is 0.883. The molecular formula is C13H17ClN4O2. The molecule has 0 atom stereocenters. The molecule has 0 unspecified atom stereocenters. The summed E-state index contributed by atoms with van der Waals surface area (Å²) in [4.78, 5) is 23.1. The molecule has 0 aliphatic rings. The fraction of sp³-hybridized carbons (Fsp3) is 0.385. The zero-order valence-corrected chi connectivity index (χ0v) is 12.2. The first-order valence-electron chi connectivity index (χ1n) is 6.23. The fourth-order valence-corrected chi connectivity index (χ4v) is 1.88. The molecule has 2 rings (SSSR count). The van der Waals surface area contributed by atoms with Gasteiger partial charge in [0.1, 0.15) is 0 Å². The number of furan rings is 1. The molecule has 2 aromatic rings. The predicted octanol–water partition coefficient (Wildman–Crippen LogP) is 1.86. The zero-order valence-electron chi connectivity index (χ0n) is 11.5. The van der Waals surface area contributed by atoms with Crippen LogP contribution in [0.1, 0.15) is 16.2 Å². The second-order valence-electron chi connectivity index (χ2n) is 4.71. The summed E-state index contributed by atoms with van der Waals surface area (Å²) < 4.78 is 5.19. The van der Waals surface area contributed by atoms with E-state index < -0.39 is 0 Å². The molecule has 2 aromatic heterocycles. The van der Waals surface area contributed by atoms with Gasteiger partial charge in [0.2, 0.25) is 0 Å². The van der Waals surface area contributed by atoms with Gasteiger partial charge in [0.15, 0.2) is 11.0 Å².